The fourth-order valence-corrected chi connectivity index (χ4v) is 2.70. The van der Waals surface area contributed by atoms with Gasteiger partial charge in [0.25, 0.3) is 0 Å². The molecule has 118 valence electrons. The zero-order valence-electron chi connectivity index (χ0n) is 12.7. The van der Waals surface area contributed by atoms with E-state index in [2.05, 4.69) is 0 Å². The highest BCUT2D eigenvalue weighted by atomic mass is 16.7. The summed E-state index contributed by atoms with van der Waals surface area (Å²) in [7, 11) is 0. The topological polar surface area (TPSA) is 65.1 Å². The third kappa shape index (κ3) is 2.98. The first-order valence-electron chi connectivity index (χ1n) is 7.28. The Hall–Kier alpha value is -1.92. The van der Waals surface area contributed by atoms with Crippen LogP contribution in [0.3, 0.4) is 0 Å². The fourth-order valence-electron chi connectivity index (χ4n) is 2.70. The van der Waals surface area contributed by atoms with Crippen LogP contribution in [0.25, 0.3) is 0 Å². The second-order valence-corrected chi connectivity index (χ2v) is 5.95. The van der Waals surface area contributed by atoms with Crippen LogP contribution in [0.5, 0.6) is 0 Å². The predicted molar refractivity (Wildman–Crippen MR) is 77.0 cm³/mol. The molecule has 2 atom stereocenters. The maximum Gasteiger partial charge on any atom is 0.410 e. The number of ether oxygens (including phenoxy) is 3. The van der Waals surface area contributed by atoms with E-state index in [-0.39, 0.29) is 19.0 Å². The summed E-state index contributed by atoms with van der Waals surface area (Å²) in [5.74, 6) is -1.01. The van der Waals surface area contributed by atoms with Gasteiger partial charge in [-0.05, 0) is 19.4 Å². The van der Waals surface area contributed by atoms with Crippen LogP contribution in [0.4, 0.5) is 4.79 Å². The Balaban J connectivity index is 1.79. The summed E-state index contributed by atoms with van der Waals surface area (Å²) in [6.45, 7) is 4.04. The molecule has 1 amide bonds. The van der Waals surface area contributed by atoms with E-state index >= 15 is 0 Å². The van der Waals surface area contributed by atoms with E-state index in [4.69, 9.17) is 14.2 Å². The predicted octanol–water partition coefficient (Wildman–Crippen LogP) is 1.73. The Morgan fingerprint density at radius 2 is 1.95 bits per heavy atom. The summed E-state index contributed by atoms with van der Waals surface area (Å²) in [5, 5.41) is 0. The van der Waals surface area contributed by atoms with Gasteiger partial charge in [0.1, 0.15) is 25.4 Å². The zero-order chi connectivity index (χ0) is 15.7. The summed E-state index contributed by atoms with van der Waals surface area (Å²) in [5.41, 5.74) is 0.977. The van der Waals surface area contributed by atoms with Crippen LogP contribution < -0.4 is 0 Å². The molecule has 0 spiro atoms. The van der Waals surface area contributed by atoms with Gasteiger partial charge in [0, 0.05) is 6.54 Å². The molecule has 0 unspecified atom stereocenters. The number of carbonyl (C=O) groups excluding carboxylic acids is 2. The molecule has 6 nitrogen and oxygen atoms in total. The van der Waals surface area contributed by atoms with Gasteiger partial charge >= 0.3 is 6.09 Å². The monoisotopic (exact) mass is 305 g/mol. The van der Waals surface area contributed by atoms with Gasteiger partial charge in [-0.2, -0.15) is 0 Å². The van der Waals surface area contributed by atoms with Crippen molar-refractivity contribution in [2.75, 3.05) is 13.2 Å². The maximum absolute atomic E-state index is 12.1. The molecule has 6 heteroatoms. The minimum Gasteiger partial charge on any atom is -0.447 e. The van der Waals surface area contributed by atoms with Gasteiger partial charge in [0.05, 0.1) is 0 Å². The van der Waals surface area contributed by atoms with E-state index in [0.29, 0.717) is 6.54 Å². The summed E-state index contributed by atoms with van der Waals surface area (Å²) in [6.07, 6.45) is -1.14. The third-order valence-electron chi connectivity index (χ3n) is 3.85. The van der Waals surface area contributed by atoms with Crippen molar-refractivity contribution >= 4 is 11.9 Å². The van der Waals surface area contributed by atoms with Crippen LogP contribution >= 0.6 is 0 Å². The number of amides is 1. The number of hydrogen-bond acceptors (Lipinski definition) is 5. The van der Waals surface area contributed by atoms with Crippen molar-refractivity contribution in [2.24, 2.45) is 0 Å². The van der Waals surface area contributed by atoms with Crippen molar-refractivity contribution in [3.8, 4) is 0 Å². The Bertz CT molecular complexity index is 571. The van der Waals surface area contributed by atoms with Crippen molar-refractivity contribution in [2.45, 2.75) is 38.3 Å². The van der Waals surface area contributed by atoms with Crippen molar-refractivity contribution in [1.82, 2.24) is 4.90 Å². The van der Waals surface area contributed by atoms with E-state index in [9.17, 15) is 9.59 Å². The normalized spacial score (nSPS) is 27.8. The summed E-state index contributed by atoms with van der Waals surface area (Å²) < 4.78 is 16.2. The summed E-state index contributed by atoms with van der Waals surface area (Å²) in [4.78, 5) is 25.7. The van der Waals surface area contributed by atoms with Gasteiger partial charge in [-0.3, -0.25) is 9.69 Å². The fraction of sp³-hybridized carbons (Fsp3) is 0.500. The largest absolute Gasteiger partial charge is 0.447 e. The van der Waals surface area contributed by atoms with Gasteiger partial charge in [-0.25, -0.2) is 4.79 Å². The molecule has 3 rings (SSSR count). The highest BCUT2D eigenvalue weighted by molar-refractivity contribution is 5.86. The quantitative estimate of drug-likeness (QED) is 0.851. The van der Waals surface area contributed by atoms with Crippen LogP contribution in [-0.2, 0) is 25.5 Å². The molecule has 0 aromatic heterocycles. The minimum absolute atomic E-state index is 0.0124. The van der Waals surface area contributed by atoms with E-state index in [1.165, 1.54) is 0 Å². The smallest absolute Gasteiger partial charge is 0.410 e. The molecular formula is C16H19NO5. The average molecular weight is 305 g/mol. The maximum atomic E-state index is 12.1. The molecular weight excluding hydrogens is 286 g/mol. The highest BCUT2D eigenvalue weighted by Crippen LogP contribution is 2.28. The standard InChI is InChI=1S/C16H19NO5/c1-16(2)21-10-13(18)14(22-16)12-9-20-15(19)17(12)8-11-6-4-3-5-7-11/h3-7,12,14H,8-10H2,1-2H3/t12-,14-/m0/s1. The lowest BCUT2D eigenvalue weighted by atomic mass is 10.0. The Morgan fingerprint density at radius 3 is 2.68 bits per heavy atom. The van der Waals surface area contributed by atoms with Gasteiger partial charge in [0.15, 0.2) is 11.6 Å². The summed E-state index contributed by atoms with van der Waals surface area (Å²) in [6, 6.07) is 9.16. The Labute approximate surface area is 128 Å². The zero-order valence-corrected chi connectivity index (χ0v) is 12.7. The first-order chi connectivity index (χ1) is 10.5. The number of hydrogen-bond donors (Lipinski definition) is 0. The van der Waals surface area contributed by atoms with E-state index in [1.807, 2.05) is 30.3 Å². The average Bonchev–Trinajstić information content (AvgIpc) is 2.84. The van der Waals surface area contributed by atoms with E-state index < -0.39 is 24.0 Å². The first kappa shape index (κ1) is 15.0. The van der Waals surface area contributed by atoms with Gasteiger partial charge in [0.2, 0.25) is 0 Å². The molecule has 0 aliphatic carbocycles. The van der Waals surface area contributed by atoms with E-state index in [1.54, 1.807) is 18.7 Å². The second kappa shape index (κ2) is 5.70. The number of benzene rings is 1. The number of rotatable bonds is 3. The number of ketones is 1. The molecule has 0 radical (unpaired) electrons. The van der Waals surface area contributed by atoms with Crippen LogP contribution in [0.15, 0.2) is 30.3 Å². The van der Waals surface area contributed by atoms with Crippen LogP contribution in [0.2, 0.25) is 0 Å². The number of cyclic esters (lactones) is 1. The van der Waals surface area contributed by atoms with Crippen molar-refractivity contribution in [3.05, 3.63) is 35.9 Å². The lowest BCUT2D eigenvalue weighted by Gasteiger charge is -2.38. The third-order valence-corrected chi connectivity index (χ3v) is 3.85. The molecule has 1 aromatic carbocycles. The van der Waals surface area contributed by atoms with Crippen molar-refractivity contribution < 1.29 is 23.8 Å². The summed E-state index contributed by atoms with van der Waals surface area (Å²) >= 11 is 0. The Morgan fingerprint density at radius 1 is 1.23 bits per heavy atom. The van der Waals surface area contributed by atoms with Gasteiger partial charge in [-0.15, -0.1) is 0 Å². The molecule has 2 aliphatic heterocycles. The molecule has 1 aromatic rings. The van der Waals surface area contributed by atoms with Crippen LogP contribution in [0, 0.1) is 0 Å². The molecule has 2 heterocycles. The van der Waals surface area contributed by atoms with E-state index in [0.717, 1.165) is 5.56 Å². The lowest BCUT2D eigenvalue weighted by Crippen LogP contribution is -2.55. The number of nitrogens with zero attached hydrogens (tertiary/aromatic N) is 1. The van der Waals surface area contributed by atoms with Crippen LogP contribution in [0.1, 0.15) is 19.4 Å². The Kier molecular flexibility index (Phi) is 3.88. The molecule has 0 N–H and O–H groups in total. The molecule has 2 saturated heterocycles. The van der Waals surface area contributed by atoms with Gasteiger partial charge in [-0.1, -0.05) is 30.3 Å². The second-order valence-electron chi connectivity index (χ2n) is 5.95. The first-order valence-corrected chi connectivity index (χ1v) is 7.28. The molecule has 0 saturated carbocycles. The minimum atomic E-state index is -0.845. The molecule has 0 bridgehead atoms. The van der Waals surface area contributed by atoms with Crippen molar-refractivity contribution in [3.63, 3.8) is 0 Å². The van der Waals surface area contributed by atoms with Crippen LogP contribution in [-0.4, -0.2) is 47.9 Å². The van der Waals surface area contributed by atoms with Crippen molar-refractivity contribution in [1.29, 1.82) is 0 Å². The highest BCUT2D eigenvalue weighted by Gasteiger charge is 2.47. The molecule has 2 fully saturated rings. The molecule has 22 heavy (non-hydrogen) atoms. The lowest BCUT2D eigenvalue weighted by molar-refractivity contribution is -0.264. The number of carbonyl (C=O) groups is 2. The SMILES string of the molecule is CC1(C)OCC(=O)[C@H]([C@@H]2COC(=O)N2Cc2ccccc2)O1. The molecule has 2 aliphatic rings. The van der Waals surface area contributed by atoms with Gasteiger partial charge < -0.3 is 14.2 Å². The number of Topliss-reactive ketones (excluding diaryl/α,β-unsaturated/α-hetero) is 1.